The number of hydrogen-bond acceptors (Lipinski definition) is 4. The van der Waals surface area contributed by atoms with Crippen molar-refractivity contribution in [2.45, 2.75) is 32.1 Å². The fourth-order valence-corrected chi connectivity index (χ4v) is 4.42. The lowest BCUT2D eigenvalue weighted by Crippen LogP contribution is -2.23. The maximum Gasteiger partial charge on any atom is 0.311 e. The van der Waals surface area contributed by atoms with Gasteiger partial charge in [0.25, 0.3) is 11.8 Å². The third kappa shape index (κ3) is 3.28. The van der Waals surface area contributed by atoms with Gasteiger partial charge < -0.3 is 16.2 Å². The van der Waals surface area contributed by atoms with Crippen LogP contribution in [0.25, 0.3) is 0 Å². The summed E-state index contributed by atoms with van der Waals surface area (Å²) in [5, 5.41) is 12.5. The molecular weight excluding hydrogens is 340 g/mol. The van der Waals surface area contributed by atoms with Crippen molar-refractivity contribution in [1.82, 2.24) is 0 Å². The van der Waals surface area contributed by atoms with Gasteiger partial charge in [-0.3, -0.25) is 14.4 Å². The van der Waals surface area contributed by atoms with E-state index in [0.29, 0.717) is 29.0 Å². The first-order chi connectivity index (χ1) is 11.9. The highest BCUT2D eigenvalue weighted by atomic mass is 32.1. The standard InChI is InChI=1S/C18H18N2O4S/c1-9-5-7-10(8-6-9)16(22)20-17-14(15(19)21)13-11(18(23)24)3-2-4-12(13)25-17/h5-8,11H,2-4H2,1H3,(H2,19,21)(H,20,22)(H,23,24). The van der Waals surface area contributed by atoms with Crippen LogP contribution in [0.4, 0.5) is 5.00 Å². The first-order valence-electron chi connectivity index (χ1n) is 7.94. The second-order valence-corrected chi connectivity index (χ2v) is 7.22. The topological polar surface area (TPSA) is 109 Å². The lowest BCUT2D eigenvalue weighted by atomic mass is 9.85. The van der Waals surface area contributed by atoms with Crippen molar-refractivity contribution in [2.24, 2.45) is 5.73 Å². The number of fused-ring (bicyclic) bond motifs is 1. The SMILES string of the molecule is Cc1ccc(C(=O)Nc2sc3c(c2C(N)=O)C(C(=O)O)CCC3)cc1. The Balaban J connectivity index is 1.99. The van der Waals surface area contributed by atoms with E-state index in [2.05, 4.69) is 5.32 Å². The molecule has 0 saturated heterocycles. The number of carboxylic acid groups (broad SMARTS) is 1. The number of amides is 2. The zero-order valence-electron chi connectivity index (χ0n) is 13.7. The molecule has 6 nitrogen and oxygen atoms in total. The fourth-order valence-electron chi connectivity index (χ4n) is 3.12. The molecule has 0 spiro atoms. The van der Waals surface area contributed by atoms with Gasteiger partial charge in [-0.1, -0.05) is 17.7 Å². The van der Waals surface area contributed by atoms with Gasteiger partial charge in [-0.25, -0.2) is 0 Å². The first kappa shape index (κ1) is 17.2. The van der Waals surface area contributed by atoms with E-state index >= 15 is 0 Å². The van der Waals surface area contributed by atoms with Gasteiger partial charge in [-0.2, -0.15) is 0 Å². The van der Waals surface area contributed by atoms with Crippen LogP contribution in [0.3, 0.4) is 0 Å². The van der Waals surface area contributed by atoms with Gasteiger partial charge in [0, 0.05) is 10.4 Å². The van der Waals surface area contributed by atoms with E-state index in [1.165, 1.54) is 11.3 Å². The van der Waals surface area contributed by atoms with Crippen molar-refractivity contribution in [3.8, 4) is 0 Å². The first-order valence-corrected chi connectivity index (χ1v) is 8.76. The molecule has 2 aromatic rings. The number of carbonyl (C=O) groups is 3. The zero-order valence-corrected chi connectivity index (χ0v) is 14.5. The number of aliphatic carboxylic acids is 1. The second kappa shape index (κ2) is 6.68. The molecular formula is C18H18N2O4S. The van der Waals surface area contributed by atoms with E-state index in [1.807, 2.05) is 19.1 Å². The molecule has 1 aromatic heterocycles. The normalized spacial score (nSPS) is 16.1. The number of thiophene rings is 1. The Hall–Kier alpha value is -2.67. The van der Waals surface area contributed by atoms with Crippen LogP contribution in [0.15, 0.2) is 24.3 Å². The summed E-state index contributed by atoms with van der Waals surface area (Å²) >= 11 is 1.24. The molecule has 130 valence electrons. The number of anilines is 1. The number of aryl methyl sites for hydroxylation is 2. The largest absolute Gasteiger partial charge is 0.481 e. The summed E-state index contributed by atoms with van der Waals surface area (Å²) in [5.74, 6) is -2.80. The van der Waals surface area contributed by atoms with Crippen molar-refractivity contribution >= 4 is 34.1 Å². The van der Waals surface area contributed by atoms with Gasteiger partial charge in [0.05, 0.1) is 11.5 Å². The summed E-state index contributed by atoms with van der Waals surface area (Å²) in [7, 11) is 0. The Morgan fingerprint density at radius 1 is 1.24 bits per heavy atom. The Bertz CT molecular complexity index is 855. The molecule has 2 amide bonds. The van der Waals surface area contributed by atoms with Crippen LogP contribution in [-0.2, 0) is 11.2 Å². The summed E-state index contributed by atoms with van der Waals surface area (Å²) < 4.78 is 0. The third-order valence-corrected chi connectivity index (χ3v) is 5.53. The van der Waals surface area contributed by atoms with Crippen LogP contribution >= 0.6 is 11.3 Å². The molecule has 1 atom stereocenters. The van der Waals surface area contributed by atoms with E-state index in [1.54, 1.807) is 12.1 Å². The number of benzene rings is 1. The van der Waals surface area contributed by atoms with Gasteiger partial charge in [0.15, 0.2) is 0 Å². The summed E-state index contributed by atoms with van der Waals surface area (Å²) in [4.78, 5) is 36.8. The highest BCUT2D eigenvalue weighted by molar-refractivity contribution is 7.17. The molecule has 1 unspecified atom stereocenters. The van der Waals surface area contributed by atoms with Crippen LogP contribution in [0.1, 0.15) is 55.5 Å². The second-order valence-electron chi connectivity index (χ2n) is 6.11. The minimum Gasteiger partial charge on any atom is -0.481 e. The average Bonchev–Trinajstić information content (AvgIpc) is 2.92. The number of hydrogen-bond donors (Lipinski definition) is 3. The van der Waals surface area contributed by atoms with Gasteiger partial charge in [-0.15, -0.1) is 11.3 Å². The summed E-state index contributed by atoms with van der Waals surface area (Å²) in [6.07, 6.45) is 1.88. The number of rotatable bonds is 4. The van der Waals surface area contributed by atoms with Crippen molar-refractivity contribution in [1.29, 1.82) is 0 Å². The predicted octanol–water partition coefficient (Wildman–Crippen LogP) is 2.91. The molecule has 0 aliphatic heterocycles. The van der Waals surface area contributed by atoms with Crippen LogP contribution in [0, 0.1) is 6.92 Å². The highest BCUT2D eigenvalue weighted by Crippen LogP contribution is 2.43. The summed E-state index contributed by atoms with van der Waals surface area (Å²) in [6.45, 7) is 1.92. The van der Waals surface area contributed by atoms with E-state index in [-0.39, 0.29) is 11.5 Å². The van der Waals surface area contributed by atoms with E-state index in [4.69, 9.17) is 5.73 Å². The number of primary amides is 1. The molecule has 4 N–H and O–H groups in total. The number of carbonyl (C=O) groups excluding carboxylic acids is 2. The van der Waals surface area contributed by atoms with Crippen molar-refractivity contribution < 1.29 is 19.5 Å². The number of nitrogens with two attached hydrogens (primary N) is 1. The molecule has 25 heavy (non-hydrogen) atoms. The molecule has 0 saturated carbocycles. The molecule has 0 fully saturated rings. The highest BCUT2D eigenvalue weighted by Gasteiger charge is 2.34. The van der Waals surface area contributed by atoms with Crippen molar-refractivity contribution in [3.63, 3.8) is 0 Å². The lowest BCUT2D eigenvalue weighted by Gasteiger charge is -2.19. The van der Waals surface area contributed by atoms with Crippen LogP contribution in [0.5, 0.6) is 0 Å². The molecule has 1 heterocycles. The van der Waals surface area contributed by atoms with Gasteiger partial charge in [-0.05, 0) is 43.9 Å². The van der Waals surface area contributed by atoms with E-state index < -0.39 is 17.8 Å². The average molecular weight is 358 g/mol. The number of carboxylic acids is 1. The molecule has 1 aliphatic rings. The Morgan fingerprint density at radius 3 is 2.52 bits per heavy atom. The lowest BCUT2D eigenvalue weighted by molar-refractivity contribution is -0.139. The van der Waals surface area contributed by atoms with Crippen LogP contribution < -0.4 is 11.1 Å². The Labute approximate surface area is 148 Å². The van der Waals surface area contributed by atoms with Gasteiger partial charge in [0.1, 0.15) is 5.00 Å². The smallest absolute Gasteiger partial charge is 0.311 e. The molecule has 1 aromatic carbocycles. The van der Waals surface area contributed by atoms with Crippen molar-refractivity contribution in [2.75, 3.05) is 5.32 Å². The fraction of sp³-hybridized carbons (Fsp3) is 0.278. The number of nitrogens with one attached hydrogen (secondary N) is 1. The van der Waals surface area contributed by atoms with Gasteiger partial charge in [0.2, 0.25) is 0 Å². The molecule has 7 heteroatoms. The molecule has 3 rings (SSSR count). The van der Waals surface area contributed by atoms with Crippen LogP contribution in [0.2, 0.25) is 0 Å². The van der Waals surface area contributed by atoms with Gasteiger partial charge >= 0.3 is 5.97 Å². The summed E-state index contributed by atoms with van der Waals surface area (Å²) in [6, 6.07) is 7.04. The minimum absolute atomic E-state index is 0.132. The third-order valence-electron chi connectivity index (χ3n) is 4.35. The molecule has 0 bridgehead atoms. The maximum atomic E-state index is 12.5. The van der Waals surface area contributed by atoms with E-state index in [0.717, 1.165) is 16.9 Å². The zero-order chi connectivity index (χ0) is 18.1. The quantitative estimate of drug-likeness (QED) is 0.780. The Kier molecular flexibility index (Phi) is 4.59. The molecule has 0 radical (unpaired) electrons. The molecule has 1 aliphatic carbocycles. The Morgan fingerprint density at radius 2 is 1.92 bits per heavy atom. The van der Waals surface area contributed by atoms with Crippen molar-refractivity contribution in [3.05, 3.63) is 51.4 Å². The van der Waals surface area contributed by atoms with Crippen LogP contribution in [-0.4, -0.2) is 22.9 Å². The summed E-state index contributed by atoms with van der Waals surface area (Å²) in [5.41, 5.74) is 7.60. The monoisotopic (exact) mass is 358 g/mol. The maximum absolute atomic E-state index is 12.5. The van der Waals surface area contributed by atoms with E-state index in [9.17, 15) is 19.5 Å². The minimum atomic E-state index is -0.974. The predicted molar refractivity (Wildman–Crippen MR) is 95.3 cm³/mol.